The normalized spacial score (nSPS) is 11.5. The second-order valence-corrected chi connectivity index (χ2v) is 4.98. The lowest BCUT2D eigenvalue weighted by Gasteiger charge is -2.25. The molecule has 1 aromatic carbocycles. The van der Waals surface area contributed by atoms with E-state index in [1.54, 1.807) is 12.1 Å². The zero-order valence-corrected chi connectivity index (χ0v) is 10.7. The molecule has 17 heavy (non-hydrogen) atoms. The number of aromatic hydroxyl groups is 1. The summed E-state index contributed by atoms with van der Waals surface area (Å²) in [6.45, 7) is 6.22. The van der Waals surface area contributed by atoms with Crippen molar-refractivity contribution in [3.05, 3.63) is 29.3 Å². The Kier molecular flexibility index (Phi) is 4.16. The van der Waals surface area contributed by atoms with E-state index in [1.807, 2.05) is 6.07 Å². The van der Waals surface area contributed by atoms with E-state index in [0.29, 0.717) is 6.42 Å². The molecule has 2 N–H and O–H groups in total. The molecule has 1 aromatic rings. The molecule has 3 heteroatoms. The van der Waals surface area contributed by atoms with Crippen molar-refractivity contribution in [1.29, 1.82) is 0 Å². The van der Waals surface area contributed by atoms with Crippen LogP contribution in [0.1, 0.15) is 44.7 Å². The van der Waals surface area contributed by atoms with Crippen molar-refractivity contribution in [1.82, 2.24) is 0 Å². The molecule has 1 rings (SSSR count). The number of carboxylic acid groups (broad SMARTS) is 1. The molecule has 0 aliphatic heterocycles. The first-order valence-electron chi connectivity index (χ1n) is 5.91. The van der Waals surface area contributed by atoms with Crippen LogP contribution in [-0.2, 0) is 16.6 Å². The van der Waals surface area contributed by atoms with Gasteiger partial charge in [0.1, 0.15) is 5.75 Å². The minimum Gasteiger partial charge on any atom is -0.508 e. The summed E-state index contributed by atoms with van der Waals surface area (Å²) in [5.74, 6) is -0.509. The number of hydrogen-bond donors (Lipinski definition) is 2. The van der Waals surface area contributed by atoms with Crippen LogP contribution in [0.2, 0.25) is 0 Å². The Morgan fingerprint density at radius 1 is 1.35 bits per heavy atom. The standard InChI is InChI=1S/C14H20O3/c1-4-14(2,3)11-9-10(5-7-12(11)15)6-8-13(16)17/h5,7,9,15H,4,6,8H2,1-3H3,(H,16,17). The summed E-state index contributed by atoms with van der Waals surface area (Å²) in [5.41, 5.74) is 1.76. The van der Waals surface area contributed by atoms with Crippen molar-refractivity contribution in [2.75, 3.05) is 0 Å². The molecule has 94 valence electrons. The van der Waals surface area contributed by atoms with Crippen LogP contribution in [0.3, 0.4) is 0 Å². The first-order chi connectivity index (χ1) is 7.86. The highest BCUT2D eigenvalue weighted by molar-refractivity contribution is 5.67. The zero-order chi connectivity index (χ0) is 13.1. The SMILES string of the molecule is CCC(C)(C)c1cc(CCC(=O)O)ccc1O. The molecule has 0 aliphatic rings. The van der Waals surface area contributed by atoms with Gasteiger partial charge in [-0.3, -0.25) is 4.79 Å². The summed E-state index contributed by atoms with van der Waals surface area (Å²) in [5, 5.41) is 18.5. The molecule has 0 atom stereocenters. The van der Waals surface area contributed by atoms with Gasteiger partial charge in [0.05, 0.1) is 0 Å². The summed E-state index contributed by atoms with van der Waals surface area (Å²) in [7, 11) is 0. The van der Waals surface area contributed by atoms with Crippen LogP contribution in [0.4, 0.5) is 0 Å². The van der Waals surface area contributed by atoms with Crippen LogP contribution < -0.4 is 0 Å². The van der Waals surface area contributed by atoms with E-state index in [1.165, 1.54) is 0 Å². The highest BCUT2D eigenvalue weighted by Gasteiger charge is 2.22. The summed E-state index contributed by atoms with van der Waals surface area (Å²) in [4.78, 5) is 10.5. The lowest BCUT2D eigenvalue weighted by molar-refractivity contribution is -0.136. The minimum atomic E-state index is -0.797. The van der Waals surface area contributed by atoms with Gasteiger partial charge in [0.25, 0.3) is 0 Å². The van der Waals surface area contributed by atoms with Gasteiger partial charge in [-0.05, 0) is 35.4 Å². The fraction of sp³-hybridized carbons (Fsp3) is 0.500. The molecule has 0 amide bonds. The third-order valence-corrected chi connectivity index (χ3v) is 3.30. The van der Waals surface area contributed by atoms with Crippen molar-refractivity contribution >= 4 is 5.97 Å². The molecule has 0 saturated carbocycles. The Morgan fingerprint density at radius 2 is 2.00 bits per heavy atom. The fourth-order valence-electron chi connectivity index (χ4n) is 1.72. The smallest absolute Gasteiger partial charge is 0.303 e. The van der Waals surface area contributed by atoms with Gasteiger partial charge in [-0.2, -0.15) is 0 Å². The Labute approximate surface area is 102 Å². The van der Waals surface area contributed by atoms with Gasteiger partial charge in [-0.25, -0.2) is 0 Å². The Hall–Kier alpha value is -1.51. The van der Waals surface area contributed by atoms with Gasteiger partial charge in [0.15, 0.2) is 0 Å². The predicted octanol–water partition coefficient (Wildman–Crippen LogP) is 3.10. The number of aryl methyl sites for hydroxylation is 1. The van der Waals surface area contributed by atoms with E-state index in [2.05, 4.69) is 20.8 Å². The van der Waals surface area contributed by atoms with Crippen LogP contribution >= 0.6 is 0 Å². The average Bonchev–Trinajstić information content (AvgIpc) is 2.27. The molecule has 0 unspecified atom stereocenters. The third-order valence-electron chi connectivity index (χ3n) is 3.30. The number of rotatable bonds is 5. The second-order valence-electron chi connectivity index (χ2n) is 4.98. The van der Waals surface area contributed by atoms with E-state index in [0.717, 1.165) is 17.5 Å². The maximum atomic E-state index is 10.5. The van der Waals surface area contributed by atoms with Gasteiger partial charge in [-0.15, -0.1) is 0 Å². The van der Waals surface area contributed by atoms with Crippen LogP contribution in [0.5, 0.6) is 5.75 Å². The lowest BCUT2D eigenvalue weighted by Crippen LogP contribution is -2.16. The lowest BCUT2D eigenvalue weighted by atomic mass is 9.81. The fourth-order valence-corrected chi connectivity index (χ4v) is 1.72. The number of phenolic OH excluding ortho intramolecular Hbond substituents is 1. The highest BCUT2D eigenvalue weighted by Crippen LogP contribution is 2.34. The Bertz CT molecular complexity index is 408. The zero-order valence-electron chi connectivity index (χ0n) is 10.7. The van der Waals surface area contributed by atoms with E-state index in [4.69, 9.17) is 5.11 Å². The topological polar surface area (TPSA) is 57.5 Å². The number of hydrogen-bond acceptors (Lipinski definition) is 2. The number of phenols is 1. The number of aliphatic carboxylic acids is 1. The van der Waals surface area contributed by atoms with E-state index >= 15 is 0 Å². The van der Waals surface area contributed by atoms with Crippen molar-refractivity contribution < 1.29 is 15.0 Å². The van der Waals surface area contributed by atoms with E-state index in [-0.39, 0.29) is 17.6 Å². The number of benzene rings is 1. The first-order valence-corrected chi connectivity index (χ1v) is 5.91. The molecule has 0 fully saturated rings. The van der Waals surface area contributed by atoms with E-state index in [9.17, 15) is 9.90 Å². The molecule has 0 heterocycles. The van der Waals surface area contributed by atoms with Crippen molar-refractivity contribution in [3.8, 4) is 5.75 Å². The minimum absolute atomic E-state index is 0.0939. The average molecular weight is 236 g/mol. The van der Waals surface area contributed by atoms with Crippen molar-refractivity contribution in [2.24, 2.45) is 0 Å². The van der Waals surface area contributed by atoms with Crippen molar-refractivity contribution in [2.45, 2.75) is 45.4 Å². The number of carboxylic acids is 1. The Morgan fingerprint density at radius 3 is 2.53 bits per heavy atom. The molecule has 0 saturated heterocycles. The van der Waals surface area contributed by atoms with Crippen LogP contribution in [0, 0.1) is 0 Å². The summed E-state index contributed by atoms with van der Waals surface area (Å²) >= 11 is 0. The molecule has 0 radical (unpaired) electrons. The van der Waals surface area contributed by atoms with Gasteiger partial charge >= 0.3 is 5.97 Å². The monoisotopic (exact) mass is 236 g/mol. The third kappa shape index (κ3) is 3.48. The van der Waals surface area contributed by atoms with E-state index < -0.39 is 5.97 Å². The van der Waals surface area contributed by atoms with Crippen LogP contribution in [0.15, 0.2) is 18.2 Å². The van der Waals surface area contributed by atoms with Gasteiger partial charge in [0.2, 0.25) is 0 Å². The molecule has 0 bridgehead atoms. The molecule has 3 nitrogen and oxygen atoms in total. The molecular weight excluding hydrogens is 216 g/mol. The van der Waals surface area contributed by atoms with Crippen LogP contribution in [-0.4, -0.2) is 16.2 Å². The summed E-state index contributed by atoms with van der Waals surface area (Å²) in [6.07, 6.45) is 1.54. The van der Waals surface area contributed by atoms with Gasteiger partial charge < -0.3 is 10.2 Å². The van der Waals surface area contributed by atoms with Crippen LogP contribution in [0.25, 0.3) is 0 Å². The number of carbonyl (C=O) groups is 1. The summed E-state index contributed by atoms with van der Waals surface area (Å²) in [6, 6.07) is 5.36. The first kappa shape index (κ1) is 13.6. The maximum Gasteiger partial charge on any atom is 0.303 e. The Balaban J connectivity index is 2.98. The molecule has 0 aromatic heterocycles. The van der Waals surface area contributed by atoms with Gasteiger partial charge in [0, 0.05) is 6.42 Å². The predicted molar refractivity (Wildman–Crippen MR) is 67.4 cm³/mol. The van der Waals surface area contributed by atoms with Gasteiger partial charge in [-0.1, -0.05) is 32.9 Å². The van der Waals surface area contributed by atoms with Crippen molar-refractivity contribution in [3.63, 3.8) is 0 Å². The molecule has 0 aliphatic carbocycles. The largest absolute Gasteiger partial charge is 0.508 e. The molecule has 0 spiro atoms. The summed E-state index contributed by atoms with van der Waals surface area (Å²) < 4.78 is 0. The maximum absolute atomic E-state index is 10.5. The molecular formula is C14H20O3. The second kappa shape index (κ2) is 5.21. The highest BCUT2D eigenvalue weighted by atomic mass is 16.4. The quantitative estimate of drug-likeness (QED) is 0.826.